The first-order chi connectivity index (χ1) is 10.1. The van der Waals surface area contributed by atoms with Crippen LogP contribution in [0.3, 0.4) is 0 Å². The van der Waals surface area contributed by atoms with Gasteiger partial charge in [-0.15, -0.1) is 0 Å². The van der Waals surface area contributed by atoms with E-state index in [0.717, 1.165) is 11.9 Å². The Bertz CT molecular complexity index is 604. The van der Waals surface area contributed by atoms with Crippen LogP contribution in [0.1, 0.15) is 0 Å². The Labute approximate surface area is 126 Å². The van der Waals surface area contributed by atoms with Crippen molar-refractivity contribution in [1.29, 1.82) is 0 Å². The molecule has 0 amide bonds. The fourth-order valence-corrected chi connectivity index (χ4v) is 6.99. The molecule has 2 nitrogen and oxygen atoms in total. The van der Waals surface area contributed by atoms with Crippen LogP contribution in [0.4, 0.5) is 0 Å². The van der Waals surface area contributed by atoms with Crippen molar-refractivity contribution in [3.05, 3.63) is 72.7 Å². The molecule has 0 bridgehead atoms. The van der Waals surface area contributed by atoms with Gasteiger partial charge in [-0.3, -0.25) is 0 Å². The van der Waals surface area contributed by atoms with Gasteiger partial charge >= 0.3 is 126 Å². The molecule has 0 aromatic heterocycles. The van der Waals surface area contributed by atoms with E-state index in [-0.39, 0.29) is 0 Å². The zero-order valence-electron chi connectivity index (χ0n) is 12.5. The summed E-state index contributed by atoms with van der Waals surface area (Å²) in [7, 11) is 0. The molecular formula is C18H21O2P. The third-order valence-electron chi connectivity index (χ3n) is 4.33. The summed E-state index contributed by atoms with van der Waals surface area (Å²) in [5, 5.41) is 2.79. The Morgan fingerprint density at radius 2 is 1.38 bits per heavy atom. The van der Waals surface area contributed by atoms with E-state index in [1.165, 1.54) is 10.6 Å². The molecule has 0 fully saturated rings. The van der Waals surface area contributed by atoms with Crippen LogP contribution in [0, 0.1) is 0 Å². The van der Waals surface area contributed by atoms with Crippen molar-refractivity contribution in [2.75, 3.05) is 26.3 Å². The summed E-state index contributed by atoms with van der Waals surface area (Å²) >= 11 is 0. The molecule has 0 unspecified atom stereocenters. The van der Waals surface area contributed by atoms with Gasteiger partial charge in [0.25, 0.3) is 0 Å². The Hall–Kier alpha value is -1.79. The summed E-state index contributed by atoms with van der Waals surface area (Å²) in [4.78, 5) is 0. The van der Waals surface area contributed by atoms with Crippen molar-refractivity contribution < 1.29 is 9.47 Å². The molecule has 110 valence electrons. The number of rotatable bonds is 4. The summed E-state index contributed by atoms with van der Waals surface area (Å²) in [5.74, 6) is 0.949. The Morgan fingerprint density at radius 1 is 0.857 bits per heavy atom. The van der Waals surface area contributed by atoms with Crippen molar-refractivity contribution in [3.8, 4) is 0 Å². The molecule has 21 heavy (non-hydrogen) atoms. The first-order valence-electron chi connectivity index (χ1n) is 7.14. The van der Waals surface area contributed by atoms with Crippen LogP contribution in [0.5, 0.6) is 0 Å². The molecule has 0 saturated heterocycles. The standard InChI is InChI=1S/C18H21O2P/c1-21(2,14-16-13-19-15-20-16,17-9-5-3-6-10-17)18-11-7-4-8-12-18/h3-13H,14-15H2,1-2H3. The molecular weight excluding hydrogens is 279 g/mol. The number of hydrogen-bond donors (Lipinski definition) is 0. The summed E-state index contributed by atoms with van der Waals surface area (Å²) < 4.78 is 10.9. The van der Waals surface area contributed by atoms with Crippen LogP contribution in [0.2, 0.25) is 0 Å². The maximum absolute atomic E-state index is 5.63. The van der Waals surface area contributed by atoms with E-state index in [1.807, 2.05) is 0 Å². The van der Waals surface area contributed by atoms with Gasteiger partial charge in [0.2, 0.25) is 0 Å². The first kappa shape index (κ1) is 14.2. The van der Waals surface area contributed by atoms with Crippen molar-refractivity contribution in [3.63, 3.8) is 0 Å². The first-order valence-corrected chi connectivity index (χ1v) is 10.5. The van der Waals surface area contributed by atoms with Gasteiger partial charge in [0.05, 0.1) is 0 Å². The summed E-state index contributed by atoms with van der Waals surface area (Å²) in [5.41, 5.74) is 0. The van der Waals surface area contributed by atoms with Crippen LogP contribution in [-0.2, 0) is 9.47 Å². The van der Waals surface area contributed by atoms with Gasteiger partial charge in [-0.2, -0.15) is 0 Å². The fourth-order valence-electron chi connectivity index (χ4n) is 2.96. The fraction of sp³-hybridized carbons (Fsp3) is 0.222. The molecule has 0 spiro atoms. The van der Waals surface area contributed by atoms with Gasteiger partial charge in [0.15, 0.2) is 0 Å². The molecule has 1 heterocycles. The molecule has 1 aliphatic heterocycles. The molecule has 3 heteroatoms. The van der Waals surface area contributed by atoms with Crippen LogP contribution in [-0.4, -0.2) is 26.3 Å². The van der Waals surface area contributed by atoms with Gasteiger partial charge in [-0.25, -0.2) is 0 Å². The van der Waals surface area contributed by atoms with Crippen molar-refractivity contribution in [2.45, 2.75) is 0 Å². The molecule has 0 saturated carbocycles. The van der Waals surface area contributed by atoms with Crippen LogP contribution in [0.15, 0.2) is 72.7 Å². The van der Waals surface area contributed by atoms with Crippen LogP contribution < -0.4 is 10.6 Å². The molecule has 2 aromatic carbocycles. The molecule has 1 aliphatic rings. The van der Waals surface area contributed by atoms with Crippen molar-refractivity contribution in [2.24, 2.45) is 0 Å². The minimum absolute atomic E-state index is 0.339. The van der Waals surface area contributed by atoms with Crippen LogP contribution >= 0.6 is 6.60 Å². The van der Waals surface area contributed by atoms with Gasteiger partial charge in [0.1, 0.15) is 0 Å². The summed E-state index contributed by atoms with van der Waals surface area (Å²) in [6.45, 7) is 2.81. The van der Waals surface area contributed by atoms with E-state index in [4.69, 9.17) is 9.47 Å². The van der Waals surface area contributed by atoms with E-state index in [0.29, 0.717) is 6.79 Å². The average Bonchev–Trinajstić information content (AvgIpc) is 3.02. The Morgan fingerprint density at radius 3 is 1.81 bits per heavy atom. The third-order valence-corrected chi connectivity index (χ3v) is 9.49. The van der Waals surface area contributed by atoms with Gasteiger partial charge in [-0.05, 0) is 0 Å². The van der Waals surface area contributed by atoms with Crippen molar-refractivity contribution >= 4 is 17.2 Å². The van der Waals surface area contributed by atoms with E-state index in [9.17, 15) is 0 Å². The molecule has 3 rings (SSSR count). The Kier molecular flexibility index (Phi) is 3.51. The van der Waals surface area contributed by atoms with Crippen molar-refractivity contribution in [1.82, 2.24) is 0 Å². The average molecular weight is 300 g/mol. The zero-order chi connectivity index (χ0) is 14.8. The monoisotopic (exact) mass is 300 g/mol. The SMILES string of the molecule is CP(C)(CC1=COCO1)(c1ccccc1)c1ccccc1. The number of benzene rings is 2. The number of hydrogen-bond acceptors (Lipinski definition) is 2. The predicted octanol–water partition coefficient (Wildman–Crippen LogP) is 3.30. The second-order valence-electron chi connectivity index (χ2n) is 6.24. The van der Waals surface area contributed by atoms with Crippen LogP contribution in [0.25, 0.3) is 0 Å². The molecule has 0 radical (unpaired) electrons. The number of allylic oxidation sites excluding steroid dienone is 1. The summed E-state index contributed by atoms with van der Waals surface area (Å²) in [6, 6.07) is 21.6. The predicted molar refractivity (Wildman–Crippen MR) is 90.9 cm³/mol. The van der Waals surface area contributed by atoms with Gasteiger partial charge in [-0.1, -0.05) is 0 Å². The number of ether oxygens (including phenoxy) is 2. The van der Waals surface area contributed by atoms with E-state index in [2.05, 4.69) is 74.0 Å². The normalized spacial score (nSPS) is 16.3. The van der Waals surface area contributed by atoms with E-state index < -0.39 is 6.60 Å². The zero-order valence-corrected chi connectivity index (χ0v) is 13.4. The molecule has 0 atom stereocenters. The van der Waals surface area contributed by atoms with Gasteiger partial charge < -0.3 is 0 Å². The van der Waals surface area contributed by atoms with Gasteiger partial charge in [0, 0.05) is 0 Å². The molecule has 2 aromatic rings. The van der Waals surface area contributed by atoms with E-state index >= 15 is 0 Å². The quantitative estimate of drug-likeness (QED) is 0.807. The molecule has 0 aliphatic carbocycles. The van der Waals surface area contributed by atoms with E-state index in [1.54, 1.807) is 6.26 Å². The second-order valence-corrected chi connectivity index (χ2v) is 12.4. The molecule has 0 N–H and O–H groups in total. The topological polar surface area (TPSA) is 18.5 Å². The summed E-state index contributed by atoms with van der Waals surface area (Å²) in [6.07, 6.45) is 2.65. The third kappa shape index (κ3) is 2.56. The Balaban J connectivity index is 2.14. The minimum atomic E-state index is -2.33. The maximum atomic E-state index is 5.63. The second kappa shape index (κ2) is 5.20.